The number of nitrogens with one attached hydrogen (secondary N) is 1. The van der Waals surface area contributed by atoms with Gasteiger partial charge in [-0.1, -0.05) is 48.8 Å². The summed E-state index contributed by atoms with van der Waals surface area (Å²) in [5, 5.41) is 22.3. The molecule has 0 aliphatic rings. The number of carbonyl (C=O) groups excluding carboxylic acids is 1. The van der Waals surface area contributed by atoms with E-state index < -0.39 is 4.92 Å². The molecule has 1 amide bonds. The van der Waals surface area contributed by atoms with Crippen molar-refractivity contribution in [3.05, 3.63) is 38.1 Å². The molecule has 0 saturated carbocycles. The molecule has 140 valence electrons. The Morgan fingerprint density at radius 1 is 1.35 bits per heavy atom. The molecule has 1 heterocycles. The first-order valence-electron chi connectivity index (χ1n) is 7.73. The number of amides is 1. The topological polar surface area (TPSA) is 103 Å². The normalized spacial score (nSPS) is 11.0. The summed E-state index contributed by atoms with van der Waals surface area (Å²) in [5.41, 5.74) is -0.103. The van der Waals surface area contributed by atoms with E-state index in [-0.39, 0.29) is 39.0 Å². The molecule has 0 spiro atoms. The molecule has 26 heavy (non-hydrogen) atoms. The summed E-state index contributed by atoms with van der Waals surface area (Å²) in [6, 6.07) is 2.28. The quantitative estimate of drug-likeness (QED) is 0.407. The van der Waals surface area contributed by atoms with Crippen LogP contribution in [0.25, 0.3) is 0 Å². The number of anilines is 1. The second-order valence-electron chi connectivity index (χ2n) is 5.62. The van der Waals surface area contributed by atoms with Crippen LogP contribution in [0.15, 0.2) is 17.3 Å². The van der Waals surface area contributed by atoms with Crippen molar-refractivity contribution in [2.24, 2.45) is 0 Å². The van der Waals surface area contributed by atoms with E-state index in [0.717, 1.165) is 18.0 Å². The maximum absolute atomic E-state index is 12.2. The van der Waals surface area contributed by atoms with Crippen molar-refractivity contribution in [2.75, 3.05) is 11.1 Å². The van der Waals surface area contributed by atoms with Gasteiger partial charge in [0.1, 0.15) is 5.82 Å². The number of carbonyl (C=O) groups is 1. The number of hydrogen-bond acceptors (Lipinski definition) is 6. The van der Waals surface area contributed by atoms with Crippen molar-refractivity contribution in [2.45, 2.75) is 38.4 Å². The SMILES string of the molecule is CCn1c(SCC(=O)Nc2c(Cl)cc([N+](=O)[O-])cc2Cl)nnc1C(C)C. The van der Waals surface area contributed by atoms with Crippen LogP contribution in [-0.2, 0) is 11.3 Å². The number of non-ortho nitro benzene ring substituents is 1. The van der Waals surface area contributed by atoms with Gasteiger partial charge in [-0.25, -0.2) is 0 Å². The predicted molar refractivity (Wildman–Crippen MR) is 102 cm³/mol. The highest BCUT2D eigenvalue weighted by atomic mass is 35.5. The van der Waals surface area contributed by atoms with Gasteiger partial charge in [0.25, 0.3) is 5.69 Å². The van der Waals surface area contributed by atoms with Gasteiger partial charge in [0.2, 0.25) is 5.91 Å². The smallest absolute Gasteiger partial charge is 0.272 e. The fraction of sp³-hybridized carbons (Fsp3) is 0.400. The average Bonchev–Trinajstić information content (AvgIpc) is 2.99. The Morgan fingerprint density at radius 3 is 2.46 bits per heavy atom. The molecule has 1 aromatic heterocycles. The second-order valence-corrected chi connectivity index (χ2v) is 7.38. The molecule has 2 aromatic rings. The Hall–Kier alpha value is -1.84. The van der Waals surface area contributed by atoms with Gasteiger partial charge in [0.15, 0.2) is 5.16 Å². The monoisotopic (exact) mass is 417 g/mol. The number of thioether (sulfide) groups is 1. The van der Waals surface area contributed by atoms with Gasteiger partial charge in [-0.05, 0) is 6.92 Å². The molecule has 0 atom stereocenters. The highest BCUT2D eigenvalue weighted by Crippen LogP contribution is 2.34. The van der Waals surface area contributed by atoms with Gasteiger partial charge in [-0.15, -0.1) is 10.2 Å². The van der Waals surface area contributed by atoms with Crippen molar-refractivity contribution in [1.82, 2.24) is 14.8 Å². The Labute approximate surface area is 164 Å². The highest BCUT2D eigenvalue weighted by molar-refractivity contribution is 7.99. The number of halogens is 2. The van der Waals surface area contributed by atoms with Crippen molar-refractivity contribution >= 4 is 52.2 Å². The van der Waals surface area contributed by atoms with Crippen molar-refractivity contribution in [3.63, 3.8) is 0 Å². The standard InChI is InChI=1S/C15H17Cl2N5O3S/c1-4-21-14(8(2)3)19-20-15(21)26-7-12(23)18-13-10(16)5-9(22(24)25)6-11(13)17/h5-6,8H,4,7H2,1-3H3,(H,18,23). The molecule has 1 N–H and O–H groups in total. The molecule has 1 aromatic carbocycles. The number of nitro benzene ring substituents is 1. The van der Waals surface area contributed by atoms with Crippen LogP contribution in [0, 0.1) is 10.1 Å². The van der Waals surface area contributed by atoms with Crippen LogP contribution in [0.1, 0.15) is 32.5 Å². The minimum Gasteiger partial charge on any atom is -0.323 e. The number of aromatic nitrogens is 3. The summed E-state index contributed by atoms with van der Waals surface area (Å²) in [6.45, 7) is 6.73. The summed E-state index contributed by atoms with van der Waals surface area (Å²) in [6.07, 6.45) is 0. The van der Waals surface area contributed by atoms with E-state index in [1.807, 2.05) is 25.3 Å². The van der Waals surface area contributed by atoms with Crippen LogP contribution in [0.4, 0.5) is 11.4 Å². The molecule has 0 radical (unpaired) electrons. The van der Waals surface area contributed by atoms with Crippen LogP contribution in [0.5, 0.6) is 0 Å². The minimum absolute atomic E-state index is 0.00127. The predicted octanol–water partition coefficient (Wildman–Crippen LogP) is 4.37. The summed E-state index contributed by atoms with van der Waals surface area (Å²) in [7, 11) is 0. The largest absolute Gasteiger partial charge is 0.323 e. The molecule has 8 nitrogen and oxygen atoms in total. The second kappa shape index (κ2) is 8.70. The summed E-state index contributed by atoms with van der Waals surface area (Å²) in [5.74, 6) is 0.796. The fourth-order valence-corrected chi connectivity index (χ4v) is 3.60. The lowest BCUT2D eigenvalue weighted by molar-refractivity contribution is -0.384. The number of nitro groups is 1. The summed E-state index contributed by atoms with van der Waals surface area (Å²) < 4.78 is 1.95. The van der Waals surface area contributed by atoms with E-state index in [2.05, 4.69) is 15.5 Å². The van der Waals surface area contributed by atoms with Crippen LogP contribution < -0.4 is 5.32 Å². The highest BCUT2D eigenvalue weighted by Gasteiger charge is 2.18. The lowest BCUT2D eigenvalue weighted by atomic mass is 10.2. The van der Waals surface area contributed by atoms with Crippen molar-refractivity contribution in [3.8, 4) is 0 Å². The maximum atomic E-state index is 12.2. The third-order valence-corrected chi connectivity index (χ3v) is 4.98. The average molecular weight is 418 g/mol. The first-order chi connectivity index (χ1) is 12.2. The molecule has 0 aliphatic carbocycles. The minimum atomic E-state index is -0.608. The number of benzene rings is 1. The summed E-state index contributed by atoms with van der Waals surface area (Å²) in [4.78, 5) is 22.4. The molecule has 2 rings (SSSR count). The molecule has 11 heteroatoms. The lowest BCUT2D eigenvalue weighted by Gasteiger charge is -2.10. The Balaban J connectivity index is 2.07. The van der Waals surface area contributed by atoms with Crippen LogP contribution >= 0.6 is 35.0 Å². The zero-order valence-electron chi connectivity index (χ0n) is 14.3. The first kappa shape index (κ1) is 20.5. The molecular weight excluding hydrogens is 401 g/mol. The van der Waals surface area contributed by atoms with Crippen molar-refractivity contribution < 1.29 is 9.72 Å². The maximum Gasteiger partial charge on any atom is 0.272 e. The van der Waals surface area contributed by atoms with Gasteiger partial charge in [-0.3, -0.25) is 14.9 Å². The Bertz CT molecular complexity index is 818. The van der Waals surface area contributed by atoms with E-state index in [9.17, 15) is 14.9 Å². The Morgan fingerprint density at radius 2 is 1.96 bits per heavy atom. The Kier molecular flexibility index (Phi) is 6.85. The molecule has 0 saturated heterocycles. The third kappa shape index (κ3) is 4.66. The van der Waals surface area contributed by atoms with Gasteiger partial charge in [0, 0.05) is 24.6 Å². The molecular formula is C15H17Cl2N5O3S. The number of nitrogens with zero attached hydrogens (tertiary/aromatic N) is 4. The van der Waals surface area contributed by atoms with Gasteiger partial charge in [-0.2, -0.15) is 0 Å². The third-order valence-electron chi connectivity index (χ3n) is 3.41. The van der Waals surface area contributed by atoms with Crippen LogP contribution in [0.2, 0.25) is 10.0 Å². The van der Waals surface area contributed by atoms with E-state index in [0.29, 0.717) is 11.7 Å². The van der Waals surface area contributed by atoms with Gasteiger partial charge < -0.3 is 9.88 Å². The molecule has 0 fully saturated rings. The van der Waals surface area contributed by atoms with Crippen molar-refractivity contribution in [1.29, 1.82) is 0 Å². The lowest BCUT2D eigenvalue weighted by Crippen LogP contribution is -2.15. The zero-order chi connectivity index (χ0) is 19.4. The first-order valence-corrected chi connectivity index (χ1v) is 9.47. The van der Waals surface area contributed by atoms with Gasteiger partial charge in [0.05, 0.1) is 26.4 Å². The van der Waals surface area contributed by atoms with Crippen LogP contribution in [0.3, 0.4) is 0 Å². The molecule has 0 bridgehead atoms. The fourth-order valence-electron chi connectivity index (χ4n) is 2.22. The molecule has 0 unspecified atom stereocenters. The van der Waals surface area contributed by atoms with E-state index in [1.165, 1.54) is 11.8 Å². The van der Waals surface area contributed by atoms with E-state index in [4.69, 9.17) is 23.2 Å². The molecule has 0 aliphatic heterocycles. The number of hydrogen-bond donors (Lipinski definition) is 1. The summed E-state index contributed by atoms with van der Waals surface area (Å²) >= 11 is 13.2. The van der Waals surface area contributed by atoms with E-state index in [1.54, 1.807) is 0 Å². The zero-order valence-corrected chi connectivity index (χ0v) is 16.7. The van der Waals surface area contributed by atoms with E-state index >= 15 is 0 Å². The number of rotatable bonds is 7. The van der Waals surface area contributed by atoms with Crippen LogP contribution in [-0.4, -0.2) is 31.3 Å². The van der Waals surface area contributed by atoms with Gasteiger partial charge >= 0.3 is 0 Å².